The lowest BCUT2D eigenvalue weighted by Gasteiger charge is -2.20. The van der Waals surface area contributed by atoms with Gasteiger partial charge < -0.3 is 15.8 Å². The van der Waals surface area contributed by atoms with Gasteiger partial charge in [0.05, 0.1) is 5.69 Å². The summed E-state index contributed by atoms with van der Waals surface area (Å²) in [5.74, 6) is 0. The van der Waals surface area contributed by atoms with Crippen LogP contribution in [-0.4, -0.2) is 34.1 Å². The van der Waals surface area contributed by atoms with E-state index < -0.39 is 11.7 Å². The lowest BCUT2D eigenvalue weighted by atomic mass is 10.1. The molecule has 6 heteroatoms. The molecule has 1 unspecified atom stereocenters. The normalized spacial score (nSPS) is 13.2. The zero-order valence-electron chi connectivity index (χ0n) is 12.4. The highest BCUT2D eigenvalue weighted by Crippen LogP contribution is 2.07. The van der Waals surface area contributed by atoms with Crippen LogP contribution in [0, 0.1) is 6.92 Å². The predicted octanol–water partition coefficient (Wildman–Crippen LogP) is 1.12. The number of nitrogens with zero attached hydrogens (tertiary/aromatic N) is 2. The monoisotopic (exact) mass is 268 g/mol. The second-order valence-corrected chi connectivity index (χ2v) is 5.75. The fourth-order valence-corrected chi connectivity index (χ4v) is 1.60. The van der Waals surface area contributed by atoms with E-state index in [9.17, 15) is 4.79 Å². The third-order valence-electron chi connectivity index (χ3n) is 2.54. The number of hydrogen-bond donors (Lipinski definition) is 2. The van der Waals surface area contributed by atoms with Crippen molar-refractivity contribution < 1.29 is 9.53 Å². The minimum absolute atomic E-state index is 0.179. The number of rotatable bonds is 4. The Morgan fingerprint density at radius 1 is 1.58 bits per heavy atom. The van der Waals surface area contributed by atoms with Crippen molar-refractivity contribution in [3.8, 4) is 0 Å². The van der Waals surface area contributed by atoms with E-state index in [2.05, 4.69) is 10.4 Å². The van der Waals surface area contributed by atoms with Gasteiger partial charge in [-0.15, -0.1) is 0 Å². The van der Waals surface area contributed by atoms with Crippen molar-refractivity contribution in [3.05, 3.63) is 17.5 Å². The van der Waals surface area contributed by atoms with Crippen LogP contribution in [0.3, 0.4) is 0 Å². The van der Waals surface area contributed by atoms with E-state index in [0.29, 0.717) is 13.0 Å². The maximum Gasteiger partial charge on any atom is 0.407 e. The van der Waals surface area contributed by atoms with Gasteiger partial charge in [0.25, 0.3) is 0 Å². The van der Waals surface area contributed by atoms with E-state index in [4.69, 9.17) is 10.5 Å². The van der Waals surface area contributed by atoms with Crippen LogP contribution in [0.25, 0.3) is 0 Å². The average Bonchev–Trinajstić information content (AvgIpc) is 2.52. The van der Waals surface area contributed by atoms with Gasteiger partial charge in [0.15, 0.2) is 0 Å². The molecule has 0 aromatic carbocycles. The van der Waals surface area contributed by atoms with Crippen LogP contribution in [0.15, 0.2) is 6.07 Å². The average molecular weight is 268 g/mol. The number of nitrogens with two attached hydrogens (primary N) is 1. The maximum absolute atomic E-state index is 11.5. The molecule has 0 bridgehead atoms. The van der Waals surface area contributed by atoms with Crippen LogP contribution in [-0.2, 0) is 18.2 Å². The predicted molar refractivity (Wildman–Crippen MR) is 73.9 cm³/mol. The molecule has 1 aromatic heterocycles. The van der Waals surface area contributed by atoms with Gasteiger partial charge in [-0.1, -0.05) is 0 Å². The Labute approximate surface area is 114 Å². The van der Waals surface area contributed by atoms with Gasteiger partial charge in [-0.3, -0.25) is 4.68 Å². The number of carbonyl (C=O) groups excluding carboxylic acids is 1. The number of aromatic nitrogens is 2. The summed E-state index contributed by atoms with van der Waals surface area (Å²) in [6.07, 6.45) is 0.178. The van der Waals surface area contributed by atoms with E-state index in [1.165, 1.54) is 0 Å². The summed E-state index contributed by atoms with van der Waals surface area (Å²) in [6.45, 7) is 7.82. The standard InChI is InChI=1S/C13H24N4O2/c1-9-6-11(16-17(9)5)7-10(14)8-15-12(18)19-13(2,3)4/h6,10H,7-8,14H2,1-5H3,(H,15,18). The van der Waals surface area contributed by atoms with Gasteiger partial charge >= 0.3 is 6.09 Å². The Balaban J connectivity index is 2.35. The molecule has 6 nitrogen and oxygen atoms in total. The molecule has 0 aliphatic carbocycles. The molecule has 1 aromatic rings. The Kier molecular flexibility index (Phi) is 4.94. The number of hydrogen-bond acceptors (Lipinski definition) is 4. The van der Waals surface area contributed by atoms with Crippen molar-refractivity contribution >= 4 is 6.09 Å². The van der Waals surface area contributed by atoms with Gasteiger partial charge in [-0.05, 0) is 33.8 Å². The Morgan fingerprint density at radius 2 is 2.21 bits per heavy atom. The highest BCUT2D eigenvalue weighted by molar-refractivity contribution is 5.67. The van der Waals surface area contributed by atoms with E-state index in [1.54, 1.807) is 0 Å². The van der Waals surface area contributed by atoms with Crippen molar-refractivity contribution in [1.29, 1.82) is 0 Å². The summed E-state index contributed by atoms with van der Waals surface area (Å²) < 4.78 is 6.95. The van der Waals surface area contributed by atoms with Gasteiger partial charge in [0, 0.05) is 31.7 Å². The van der Waals surface area contributed by atoms with Gasteiger partial charge in [-0.25, -0.2) is 4.79 Å². The van der Waals surface area contributed by atoms with E-state index in [1.807, 2.05) is 45.5 Å². The second-order valence-electron chi connectivity index (χ2n) is 5.75. The number of nitrogens with one attached hydrogen (secondary N) is 1. The number of carbonyl (C=O) groups is 1. The van der Waals surface area contributed by atoms with Crippen LogP contribution in [0.5, 0.6) is 0 Å². The van der Waals surface area contributed by atoms with Crippen LogP contribution in [0.2, 0.25) is 0 Å². The fraction of sp³-hybridized carbons (Fsp3) is 0.692. The molecule has 1 rings (SSSR count). The molecular formula is C13H24N4O2. The van der Waals surface area contributed by atoms with E-state index in [0.717, 1.165) is 11.4 Å². The molecule has 19 heavy (non-hydrogen) atoms. The lowest BCUT2D eigenvalue weighted by molar-refractivity contribution is 0.0524. The summed E-state index contributed by atoms with van der Waals surface area (Å²) in [7, 11) is 1.89. The van der Waals surface area contributed by atoms with Crippen molar-refractivity contribution in [2.75, 3.05) is 6.54 Å². The van der Waals surface area contributed by atoms with Gasteiger partial charge in [0.1, 0.15) is 5.60 Å². The van der Waals surface area contributed by atoms with Gasteiger partial charge in [-0.2, -0.15) is 5.10 Å². The molecule has 0 fully saturated rings. The van der Waals surface area contributed by atoms with Gasteiger partial charge in [0.2, 0.25) is 0 Å². The molecule has 1 amide bonds. The lowest BCUT2D eigenvalue weighted by Crippen LogP contribution is -2.41. The first-order chi connectivity index (χ1) is 8.67. The Hall–Kier alpha value is -1.56. The first-order valence-electron chi connectivity index (χ1n) is 6.39. The molecule has 1 atom stereocenters. The summed E-state index contributed by atoms with van der Waals surface area (Å²) in [5.41, 5.74) is 7.48. The van der Waals surface area contributed by atoms with Crippen molar-refractivity contribution in [1.82, 2.24) is 15.1 Å². The topological polar surface area (TPSA) is 82.2 Å². The van der Waals surface area contributed by atoms with Crippen LogP contribution >= 0.6 is 0 Å². The molecular weight excluding hydrogens is 244 g/mol. The highest BCUT2D eigenvalue weighted by atomic mass is 16.6. The minimum Gasteiger partial charge on any atom is -0.444 e. The van der Waals surface area contributed by atoms with E-state index in [-0.39, 0.29) is 6.04 Å². The fourth-order valence-electron chi connectivity index (χ4n) is 1.60. The zero-order chi connectivity index (χ0) is 14.6. The summed E-state index contributed by atoms with van der Waals surface area (Å²) in [4.78, 5) is 11.5. The number of ether oxygens (including phenoxy) is 1. The Morgan fingerprint density at radius 3 is 2.68 bits per heavy atom. The maximum atomic E-state index is 11.5. The molecule has 0 saturated heterocycles. The first kappa shape index (κ1) is 15.5. The number of alkyl carbamates (subject to hydrolysis) is 1. The molecule has 0 aliphatic rings. The SMILES string of the molecule is Cc1cc(CC(N)CNC(=O)OC(C)(C)C)nn1C. The summed E-state index contributed by atoms with van der Waals surface area (Å²) >= 11 is 0. The second kappa shape index (κ2) is 6.06. The third-order valence-corrected chi connectivity index (χ3v) is 2.54. The molecule has 108 valence electrons. The van der Waals surface area contributed by atoms with Crippen molar-refractivity contribution in [2.45, 2.75) is 45.8 Å². The quantitative estimate of drug-likeness (QED) is 0.857. The van der Waals surface area contributed by atoms with Crippen molar-refractivity contribution in [3.63, 3.8) is 0 Å². The number of amides is 1. The highest BCUT2D eigenvalue weighted by Gasteiger charge is 2.16. The molecule has 0 radical (unpaired) electrons. The Bertz CT molecular complexity index is 415. The molecule has 3 N–H and O–H groups in total. The smallest absolute Gasteiger partial charge is 0.407 e. The van der Waals surface area contributed by atoms with Crippen LogP contribution < -0.4 is 11.1 Å². The molecule has 0 spiro atoms. The van der Waals surface area contributed by atoms with Crippen LogP contribution in [0.4, 0.5) is 4.79 Å². The minimum atomic E-state index is -0.494. The van der Waals surface area contributed by atoms with Crippen molar-refractivity contribution in [2.24, 2.45) is 12.8 Å². The summed E-state index contributed by atoms with van der Waals surface area (Å²) in [5, 5.41) is 6.99. The zero-order valence-corrected chi connectivity index (χ0v) is 12.4. The number of aryl methyl sites for hydroxylation is 2. The van der Waals surface area contributed by atoms with Crippen LogP contribution in [0.1, 0.15) is 32.2 Å². The molecule has 0 saturated carbocycles. The summed E-state index contributed by atoms with van der Waals surface area (Å²) in [6, 6.07) is 1.81. The third kappa shape index (κ3) is 5.74. The molecule has 0 aliphatic heterocycles. The molecule has 1 heterocycles. The largest absolute Gasteiger partial charge is 0.444 e. The first-order valence-corrected chi connectivity index (χ1v) is 6.39. The van der Waals surface area contributed by atoms with E-state index >= 15 is 0 Å².